The number of fused-ring (bicyclic) bond motifs is 1. The van der Waals surface area contributed by atoms with Crippen molar-refractivity contribution in [3.05, 3.63) is 51.7 Å². The molecule has 2 unspecified atom stereocenters. The largest absolute Gasteiger partial charge is 0.346 e. The van der Waals surface area contributed by atoms with Gasteiger partial charge in [0.05, 0.1) is 19.6 Å². The Morgan fingerprint density at radius 2 is 1.85 bits per heavy atom. The minimum absolute atomic E-state index is 0.252. The first-order valence-corrected chi connectivity index (χ1v) is 9.24. The molecule has 1 fully saturated rings. The van der Waals surface area contributed by atoms with E-state index in [0.717, 1.165) is 11.1 Å². The van der Waals surface area contributed by atoms with Gasteiger partial charge in [-0.1, -0.05) is 29.8 Å². The minimum atomic E-state index is -1.65. The molecule has 2 aliphatic rings. The molecule has 4 rings (SSSR count). The molecule has 1 saturated heterocycles. The van der Waals surface area contributed by atoms with E-state index in [9.17, 15) is 18.4 Å². The standard InChI is InChI=1S/C19H22F2N4O2/c1-12-5-7-13(8-6-12)9-24-19(27)25-16(3-2-4-17(25)22-24)18(26)23-10-14(20)15(21)11-23/h5-8,14-16H,2-4,9-11H2,1H3/t14?,15?,16-/m0/s1. The molecule has 0 N–H and O–H groups in total. The van der Waals surface area contributed by atoms with Crippen molar-refractivity contribution in [3.8, 4) is 0 Å². The summed E-state index contributed by atoms with van der Waals surface area (Å²) in [5, 5.41) is 4.41. The summed E-state index contributed by atoms with van der Waals surface area (Å²) in [5.74, 6) is 0.167. The number of hydrogen-bond donors (Lipinski definition) is 0. The van der Waals surface area contributed by atoms with Gasteiger partial charge in [-0.3, -0.25) is 9.36 Å². The van der Waals surface area contributed by atoms with E-state index in [1.807, 2.05) is 31.2 Å². The van der Waals surface area contributed by atoms with Crippen molar-refractivity contribution in [2.75, 3.05) is 13.1 Å². The molecular weight excluding hydrogens is 354 g/mol. The normalized spacial score (nSPS) is 24.9. The van der Waals surface area contributed by atoms with Crippen LogP contribution in [0.25, 0.3) is 0 Å². The van der Waals surface area contributed by atoms with Crippen molar-refractivity contribution in [2.45, 2.75) is 51.1 Å². The Labute approximate surface area is 155 Å². The summed E-state index contributed by atoms with van der Waals surface area (Å²) in [7, 11) is 0. The van der Waals surface area contributed by atoms with E-state index >= 15 is 0 Å². The van der Waals surface area contributed by atoms with Gasteiger partial charge in [-0.15, -0.1) is 0 Å². The minimum Gasteiger partial charge on any atom is -0.335 e. The number of likely N-dealkylation sites (tertiary alicyclic amines) is 1. The monoisotopic (exact) mass is 376 g/mol. The molecular formula is C19H22F2N4O2. The van der Waals surface area contributed by atoms with E-state index in [-0.39, 0.29) is 18.8 Å². The molecule has 0 aliphatic carbocycles. The summed E-state index contributed by atoms with van der Waals surface area (Å²) < 4.78 is 29.8. The molecule has 2 aliphatic heterocycles. The fourth-order valence-electron chi connectivity index (χ4n) is 3.85. The van der Waals surface area contributed by atoms with Crippen LogP contribution < -0.4 is 5.69 Å². The van der Waals surface area contributed by atoms with E-state index in [1.165, 1.54) is 14.1 Å². The summed E-state index contributed by atoms with van der Waals surface area (Å²) in [6.07, 6.45) is -1.51. The van der Waals surface area contributed by atoms with Gasteiger partial charge in [-0.2, -0.15) is 5.10 Å². The lowest BCUT2D eigenvalue weighted by atomic mass is 10.0. The third-order valence-electron chi connectivity index (χ3n) is 5.36. The van der Waals surface area contributed by atoms with Crippen LogP contribution in [0.15, 0.2) is 29.1 Å². The third-order valence-corrected chi connectivity index (χ3v) is 5.36. The van der Waals surface area contributed by atoms with Crippen LogP contribution in [0.3, 0.4) is 0 Å². The maximum atomic E-state index is 13.5. The number of hydrogen-bond acceptors (Lipinski definition) is 3. The molecule has 1 aromatic carbocycles. The highest BCUT2D eigenvalue weighted by Gasteiger charge is 2.40. The molecule has 0 spiro atoms. The number of rotatable bonds is 3. The van der Waals surface area contributed by atoms with Crippen LogP contribution in [0, 0.1) is 6.92 Å². The van der Waals surface area contributed by atoms with E-state index in [4.69, 9.17) is 0 Å². The number of aromatic nitrogens is 3. The quantitative estimate of drug-likeness (QED) is 0.821. The zero-order valence-corrected chi connectivity index (χ0v) is 15.1. The van der Waals surface area contributed by atoms with Crippen LogP contribution in [-0.4, -0.2) is 50.6 Å². The van der Waals surface area contributed by atoms with Crippen LogP contribution in [-0.2, 0) is 17.8 Å². The number of carbonyl (C=O) groups is 1. The van der Waals surface area contributed by atoms with Gasteiger partial charge in [-0.25, -0.2) is 18.3 Å². The molecule has 0 saturated carbocycles. The van der Waals surface area contributed by atoms with Gasteiger partial charge in [0.15, 0.2) is 12.3 Å². The molecule has 144 valence electrons. The smallest absolute Gasteiger partial charge is 0.335 e. The molecule has 0 bridgehead atoms. The van der Waals surface area contributed by atoms with Gasteiger partial charge in [0.1, 0.15) is 11.9 Å². The summed E-state index contributed by atoms with van der Waals surface area (Å²) in [6, 6.07) is 7.09. The molecule has 1 aromatic heterocycles. The summed E-state index contributed by atoms with van der Waals surface area (Å²) in [5.41, 5.74) is 1.72. The predicted octanol–water partition coefficient (Wildman–Crippen LogP) is 1.80. The number of carbonyl (C=O) groups excluding carboxylic acids is 1. The second kappa shape index (κ2) is 6.90. The average Bonchev–Trinajstić information content (AvgIpc) is 3.16. The highest BCUT2D eigenvalue weighted by molar-refractivity contribution is 5.81. The highest BCUT2D eigenvalue weighted by atomic mass is 19.2. The lowest BCUT2D eigenvalue weighted by molar-refractivity contribution is -0.134. The van der Waals surface area contributed by atoms with Gasteiger partial charge in [-0.05, 0) is 25.3 Å². The van der Waals surface area contributed by atoms with E-state index in [1.54, 1.807) is 0 Å². The molecule has 1 amide bonds. The predicted molar refractivity (Wildman–Crippen MR) is 95.1 cm³/mol. The van der Waals surface area contributed by atoms with Gasteiger partial charge in [0.2, 0.25) is 5.91 Å². The Kier molecular flexibility index (Phi) is 4.57. The topological polar surface area (TPSA) is 60.1 Å². The Morgan fingerprint density at radius 3 is 2.52 bits per heavy atom. The number of aryl methyl sites for hydroxylation is 2. The Bertz CT molecular complexity index is 895. The first-order valence-electron chi connectivity index (χ1n) is 9.24. The maximum Gasteiger partial charge on any atom is 0.346 e. The number of nitrogens with zero attached hydrogens (tertiary/aromatic N) is 4. The van der Waals surface area contributed by atoms with Crippen molar-refractivity contribution in [2.24, 2.45) is 0 Å². The lowest BCUT2D eigenvalue weighted by Crippen LogP contribution is -2.42. The van der Waals surface area contributed by atoms with Crippen LogP contribution in [0.4, 0.5) is 8.78 Å². The number of amides is 1. The molecule has 27 heavy (non-hydrogen) atoms. The van der Waals surface area contributed by atoms with Gasteiger partial charge < -0.3 is 4.90 Å². The highest BCUT2D eigenvalue weighted by Crippen LogP contribution is 2.27. The van der Waals surface area contributed by atoms with Crippen molar-refractivity contribution in [1.29, 1.82) is 0 Å². The number of halogens is 2. The lowest BCUT2D eigenvalue weighted by Gasteiger charge is -2.26. The van der Waals surface area contributed by atoms with Crippen molar-refractivity contribution in [3.63, 3.8) is 0 Å². The Morgan fingerprint density at radius 1 is 1.19 bits per heavy atom. The van der Waals surface area contributed by atoms with Crippen molar-refractivity contribution < 1.29 is 13.6 Å². The number of benzene rings is 1. The second-order valence-electron chi connectivity index (χ2n) is 7.40. The summed E-state index contributed by atoms with van der Waals surface area (Å²) in [4.78, 5) is 26.9. The first-order chi connectivity index (χ1) is 12.9. The number of alkyl halides is 2. The maximum absolute atomic E-state index is 13.5. The van der Waals surface area contributed by atoms with Crippen LogP contribution in [0.2, 0.25) is 0 Å². The van der Waals surface area contributed by atoms with Gasteiger partial charge in [0, 0.05) is 6.42 Å². The summed E-state index contributed by atoms with van der Waals surface area (Å²) >= 11 is 0. The fourth-order valence-corrected chi connectivity index (χ4v) is 3.85. The SMILES string of the molecule is Cc1ccc(Cn2nc3n(c2=O)[C@H](C(=O)N2CC(F)C(F)C2)CCC3)cc1. The Balaban J connectivity index is 1.61. The first kappa shape index (κ1) is 17.9. The van der Waals surface area contributed by atoms with Crippen molar-refractivity contribution in [1.82, 2.24) is 19.2 Å². The zero-order chi connectivity index (χ0) is 19.1. The third kappa shape index (κ3) is 3.28. The fraction of sp³-hybridized carbons (Fsp3) is 0.526. The van der Waals surface area contributed by atoms with Crippen LogP contribution >= 0.6 is 0 Å². The van der Waals surface area contributed by atoms with E-state index < -0.39 is 24.3 Å². The van der Waals surface area contributed by atoms with E-state index in [2.05, 4.69) is 5.10 Å². The summed E-state index contributed by atoms with van der Waals surface area (Å²) in [6.45, 7) is 1.81. The molecule has 0 radical (unpaired) electrons. The molecule has 3 atom stereocenters. The molecule has 8 heteroatoms. The molecule has 6 nitrogen and oxygen atoms in total. The average molecular weight is 376 g/mol. The van der Waals surface area contributed by atoms with Crippen LogP contribution in [0.5, 0.6) is 0 Å². The molecule has 3 heterocycles. The van der Waals surface area contributed by atoms with Gasteiger partial charge in [0.25, 0.3) is 0 Å². The van der Waals surface area contributed by atoms with Gasteiger partial charge >= 0.3 is 5.69 Å². The molecule has 2 aromatic rings. The van der Waals surface area contributed by atoms with Crippen LogP contribution in [0.1, 0.15) is 35.8 Å². The van der Waals surface area contributed by atoms with E-state index in [0.29, 0.717) is 31.6 Å². The second-order valence-corrected chi connectivity index (χ2v) is 7.40. The van der Waals surface area contributed by atoms with Crippen molar-refractivity contribution >= 4 is 5.91 Å². The Hall–Kier alpha value is -2.51. The zero-order valence-electron chi connectivity index (χ0n) is 15.1.